The number of nitrogens with zero attached hydrogens (tertiary/aromatic N) is 2. The lowest BCUT2D eigenvalue weighted by molar-refractivity contribution is -0.384. The lowest BCUT2D eigenvalue weighted by Gasteiger charge is -2.28. The first-order valence-electron chi connectivity index (χ1n) is 9.07. The van der Waals surface area contributed by atoms with E-state index in [1.54, 1.807) is 13.2 Å². The number of carbonyl (C=O) groups is 1. The van der Waals surface area contributed by atoms with Gasteiger partial charge in [0.1, 0.15) is 10.8 Å². The quantitative estimate of drug-likeness (QED) is 0.507. The maximum atomic E-state index is 12.7. The number of benzene rings is 2. The van der Waals surface area contributed by atoms with E-state index in [1.165, 1.54) is 16.4 Å². The van der Waals surface area contributed by atoms with E-state index in [0.717, 1.165) is 22.9 Å². The summed E-state index contributed by atoms with van der Waals surface area (Å²) in [7, 11) is -2.01. The highest BCUT2D eigenvalue weighted by molar-refractivity contribution is 7.89. The first kappa shape index (κ1) is 22.0. The lowest BCUT2D eigenvalue weighted by atomic mass is 10.0. The standard InChI is InChI=1S/C19H20ClN3O6S/c1-29-16-4-2-15-12-22(8-6-13(15)10-16)30(27,28)9-7-21-19(24)14-3-5-17(20)18(11-14)23(25)26/h2-5,10-11H,6-9,12H2,1H3,(H,21,24). The Labute approximate surface area is 178 Å². The van der Waals surface area contributed by atoms with Gasteiger partial charge in [-0.15, -0.1) is 0 Å². The Morgan fingerprint density at radius 2 is 2.03 bits per heavy atom. The number of nitrogens with one attached hydrogen (secondary N) is 1. The fourth-order valence-corrected chi connectivity index (χ4v) is 4.70. The number of fused-ring (bicyclic) bond motifs is 1. The first-order valence-corrected chi connectivity index (χ1v) is 11.1. The lowest BCUT2D eigenvalue weighted by Crippen LogP contribution is -2.40. The Balaban J connectivity index is 1.59. The molecular formula is C19H20ClN3O6S. The van der Waals surface area contributed by atoms with Gasteiger partial charge >= 0.3 is 0 Å². The summed E-state index contributed by atoms with van der Waals surface area (Å²) in [6.07, 6.45) is 0.576. The molecule has 0 bridgehead atoms. The highest BCUT2D eigenvalue weighted by Gasteiger charge is 2.27. The van der Waals surface area contributed by atoms with Crippen LogP contribution in [-0.4, -0.2) is 49.5 Å². The number of amides is 1. The monoisotopic (exact) mass is 453 g/mol. The van der Waals surface area contributed by atoms with Crippen molar-refractivity contribution in [3.63, 3.8) is 0 Å². The molecule has 30 heavy (non-hydrogen) atoms. The van der Waals surface area contributed by atoms with Crippen molar-refractivity contribution in [3.05, 3.63) is 68.2 Å². The zero-order chi connectivity index (χ0) is 21.9. The van der Waals surface area contributed by atoms with E-state index in [4.69, 9.17) is 16.3 Å². The van der Waals surface area contributed by atoms with E-state index in [9.17, 15) is 23.3 Å². The van der Waals surface area contributed by atoms with Crippen molar-refractivity contribution in [1.29, 1.82) is 0 Å². The predicted octanol–water partition coefficient (Wildman–Crippen LogP) is 2.37. The highest BCUT2D eigenvalue weighted by Crippen LogP contribution is 2.26. The van der Waals surface area contributed by atoms with Crippen molar-refractivity contribution < 1.29 is 22.9 Å². The molecular weight excluding hydrogens is 434 g/mol. The molecule has 0 saturated heterocycles. The van der Waals surface area contributed by atoms with Crippen LogP contribution >= 0.6 is 11.6 Å². The van der Waals surface area contributed by atoms with E-state index in [-0.39, 0.29) is 35.1 Å². The number of methoxy groups -OCH3 is 1. The summed E-state index contributed by atoms with van der Waals surface area (Å²) in [4.78, 5) is 22.5. The third kappa shape index (κ3) is 4.89. The van der Waals surface area contributed by atoms with Crippen LogP contribution < -0.4 is 10.1 Å². The zero-order valence-electron chi connectivity index (χ0n) is 16.1. The Bertz CT molecular complexity index is 1090. The second kappa shape index (κ2) is 8.99. The molecule has 0 aromatic heterocycles. The van der Waals surface area contributed by atoms with Crippen molar-refractivity contribution in [3.8, 4) is 5.75 Å². The number of nitro groups is 1. The minimum atomic E-state index is -3.59. The second-order valence-electron chi connectivity index (χ2n) is 6.71. The highest BCUT2D eigenvalue weighted by atomic mass is 35.5. The van der Waals surface area contributed by atoms with Gasteiger partial charge < -0.3 is 10.1 Å². The molecule has 0 fully saturated rings. The van der Waals surface area contributed by atoms with E-state index in [1.807, 2.05) is 12.1 Å². The molecule has 1 aliphatic heterocycles. The maximum absolute atomic E-state index is 12.7. The van der Waals surface area contributed by atoms with Gasteiger partial charge in [0.2, 0.25) is 10.0 Å². The van der Waals surface area contributed by atoms with Crippen LogP contribution in [0.15, 0.2) is 36.4 Å². The van der Waals surface area contributed by atoms with Gasteiger partial charge in [-0.25, -0.2) is 8.42 Å². The zero-order valence-corrected chi connectivity index (χ0v) is 17.7. The Morgan fingerprint density at radius 1 is 1.27 bits per heavy atom. The molecule has 2 aromatic rings. The second-order valence-corrected chi connectivity index (χ2v) is 9.21. The summed E-state index contributed by atoms with van der Waals surface area (Å²) in [5.41, 5.74) is 1.62. The van der Waals surface area contributed by atoms with Crippen molar-refractivity contribution >= 4 is 33.2 Å². The van der Waals surface area contributed by atoms with E-state index in [2.05, 4.69) is 5.32 Å². The Kier molecular flexibility index (Phi) is 6.59. The molecule has 0 unspecified atom stereocenters. The van der Waals surface area contributed by atoms with Crippen molar-refractivity contribution in [2.45, 2.75) is 13.0 Å². The summed E-state index contributed by atoms with van der Waals surface area (Å²) >= 11 is 5.73. The fourth-order valence-electron chi connectivity index (χ4n) is 3.19. The van der Waals surface area contributed by atoms with Crippen LogP contribution in [0.2, 0.25) is 5.02 Å². The minimum Gasteiger partial charge on any atom is -0.497 e. The van der Waals surface area contributed by atoms with Gasteiger partial charge in [0, 0.05) is 31.3 Å². The molecule has 1 heterocycles. The molecule has 0 atom stereocenters. The molecule has 0 radical (unpaired) electrons. The van der Waals surface area contributed by atoms with Gasteiger partial charge in [-0.1, -0.05) is 17.7 Å². The van der Waals surface area contributed by atoms with Crippen molar-refractivity contribution in [1.82, 2.24) is 9.62 Å². The SMILES string of the molecule is COc1ccc2c(c1)CCN(S(=O)(=O)CCNC(=O)c1ccc(Cl)c([N+](=O)[O-])c1)C2. The first-order chi connectivity index (χ1) is 14.2. The minimum absolute atomic E-state index is 0.0318. The van der Waals surface area contributed by atoms with Crippen LogP contribution in [-0.2, 0) is 23.0 Å². The van der Waals surface area contributed by atoms with Gasteiger partial charge in [0.05, 0.1) is 17.8 Å². The van der Waals surface area contributed by atoms with E-state index in [0.29, 0.717) is 13.0 Å². The molecule has 11 heteroatoms. The molecule has 1 amide bonds. The Morgan fingerprint density at radius 3 is 2.73 bits per heavy atom. The van der Waals surface area contributed by atoms with Gasteiger partial charge in [-0.3, -0.25) is 14.9 Å². The number of hydrogen-bond acceptors (Lipinski definition) is 6. The van der Waals surface area contributed by atoms with Crippen molar-refractivity contribution in [2.24, 2.45) is 0 Å². The van der Waals surface area contributed by atoms with Crippen LogP contribution in [0.5, 0.6) is 5.75 Å². The topological polar surface area (TPSA) is 119 Å². The van der Waals surface area contributed by atoms with Gasteiger partial charge in [-0.2, -0.15) is 4.31 Å². The summed E-state index contributed by atoms with van der Waals surface area (Å²) < 4.78 is 31.9. The van der Waals surface area contributed by atoms with E-state index < -0.39 is 20.9 Å². The Hall–Kier alpha value is -2.69. The molecule has 1 aliphatic rings. The number of sulfonamides is 1. The molecule has 9 nitrogen and oxygen atoms in total. The van der Waals surface area contributed by atoms with Crippen LogP contribution in [0.3, 0.4) is 0 Å². The molecule has 160 valence electrons. The fraction of sp³-hybridized carbons (Fsp3) is 0.316. The number of rotatable bonds is 7. The number of hydrogen-bond donors (Lipinski definition) is 1. The predicted molar refractivity (Wildman–Crippen MR) is 111 cm³/mol. The summed E-state index contributed by atoms with van der Waals surface area (Å²) in [5, 5.41) is 13.3. The summed E-state index contributed by atoms with van der Waals surface area (Å²) in [6.45, 7) is 0.488. The molecule has 2 aromatic carbocycles. The van der Waals surface area contributed by atoms with Crippen molar-refractivity contribution in [2.75, 3.05) is 26.0 Å². The van der Waals surface area contributed by atoms with Crippen LogP contribution in [0.1, 0.15) is 21.5 Å². The third-order valence-electron chi connectivity index (χ3n) is 4.83. The average Bonchev–Trinajstić information content (AvgIpc) is 2.72. The molecule has 0 spiro atoms. The largest absolute Gasteiger partial charge is 0.497 e. The van der Waals surface area contributed by atoms with Gasteiger partial charge in [0.15, 0.2) is 0 Å². The normalized spacial score (nSPS) is 14.1. The molecule has 1 N–H and O–H groups in total. The van der Waals surface area contributed by atoms with Gasteiger partial charge in [-0.05, 0) is 41.8 Å². The number of halogens is 1. The number of nitro benzene ring substituents is 1. The summed E-state index contributed by atoms with van der Waals surface area (Å²) in [6, 6.07) is 9.21. The van der Waals surface area contributed by atoms with Crippen LogP contribution in [0.4, 0.5) is 5.69 Å². The molecule has 3 rings (SSSR count). The average molecular weight is 454 g/mol. The summed E-state index contributed by atoms with van der Waals surface area (Å²) in [5.74, 6) is -0.156. The van der Waals surface area contributed by atoms with Crippen LogP contribution in [0, 0.1) is 10.1 Å². The number of ether oxygens (including phenoxy) is 1. The maximum Gasteiger partial charge on any atom is 0.288 e. The molecule has 0 aliphatic carbocycles. The van der Waals surface area contributed by atoms with E-state index >= 15 is 0 Å². The molecule has 0 saturated carbocycles. The third-order valence-corrected chi connectivity index (χ3v) is 6.97. The smallest absolute Gasteiger partial charge is 0.288 e. The van der Waals surface area contributed by atoms with Crippen LogP contribution in [0.25, 0.3) is 0 Å². The van der Waals surface area contributed by atoms with Gasteiger partial charge in [0.25, 0.3) is 11.6 Å². The number of carbonyl (C=O) groups excluding carboxylic acids is 1.